The first-order valence-corrected chi connectivity index (χ1v) is 9.08. The van der Waals surface area contributed by atoms with Gasteiger partial charge in [0.25, 0.3) is 0 Å². The van der Waals surface area contributed by atoms with Gasteiger partial charge in [-0.05, 0) is 48.4 Å². The van der Waals surface area contributed by atoms with Gasteiger partial charge in [0.2, 0.25) is 21.8 Å². The van der Waals surface area contributed by atoms with Crippen molar-refractivity contribution in [1.29, 1.82) is 0 Å². The van der Waals surface area contributed by atoms with Crippen LogP contribution in [0.3, 0.4) is 0 Å². The van der Waals surface area contributed by atoms with Crippen LogP contribution in [0.2, 0.25) is 0 Å². The molecule has 0 heterocycles. The Hall–Kier alpha value is -2.71. The molecule has 0 spiro atoms. The Morgan fingerprint density at radius 1 is 0.920 bits per heavy atom. The predicted octanol–water partition coefficient (Wildman–Crippen LogP) is 1.86. The molecule has 132 valence electrons. The Bertz CT molecular complexity index is 860. The summed E-state index contributed by atoms with van der Waals surface area (Å²) in [5.41, 5.74) is 2.12. The number of hydrogen-bond acceptors (Lipinski definition) is 4. The summed E-state index contributed by atoms with van der Waals surface area (Å²) in [7, 11) is -3.71. The van der Waals surface area contributed by atoms with Crippen LogP contribution in [0.1, 0.15) is 18.9 Å². The monoisotopic (exact) mass is 361 g/mol. The molecule has 0 radical (unpaired) electrons. The molecule has 7 nitrogen and oxygen atoms in total. The van der Waals surface area contributed by atoms with Gasteiger partial charge in [0.05, 0.1) is 4.90 Å². The van der Waals surface area contributed by atoms with Crippen molar-refractivity contribution in [2.45, 2.75) is 24.7 Å². The fraction of sp³-hybridized carbons (Fsp3) is 0.176. The molecule has 8 heteroatoms. The number of sulfonamides is 1. The van der Waals surface area contributed by atoms with Gasteiger partial charge in [-0.3, -0.25) is 9.59 Å². The van der Waals surface area contributed by atoms with E-state index < -0.39 is 10.0 Å². The van der Waals surface area contributed by atoms with Crippen molar-refractivity contribution < 1.29 is 18.0 Å². The number of hydrogen-bond donors (Lipinski definition) is 3. The minimum atomic E-state index is -3.71. The summed E-state index contributed by atoms with van der Waals surface area (Å²) in [6, 6.07) is 12.9. The maximum atomic E-state index is 12.0. The fourth-order valence-electron chi connectivity index (χ4n) is 2.17. The Labute approximate surface area is 146 Å². The van der Waals surface area contributed by atoms with Gasteiger partial charge in [-0.2, -0.15) is 0 Å². The first-order chi connectivity index (χ1) is 11.7. The number of aryl methyl sites for hydroxylation is 1. The van der Waals surface area contributed by atoms with Crippen LogP contribution >= 0.6 is 0 Å². The first kappa shape index (κ1) is 18.6. The topological polar surface area (TPSA) is 118 Å². The van der Waals surface area contributed by atoms with Gasteiger partial charge < -0.3 is 10.6 Å². The lowest BCUT2D eigenvalue weighted by molar-refractivity contribution is -0.116. The molecule has 4 N–H and O–H groups in total. The van der Waals surface area contributed by atoms with E-state index in [2.05, 4.69) is 10.6 Å². The van der Waals surface area contributed by atoms with Crippen LogP contribution in [-0.2, 0) is 26.0 Å². The van der Waals surface area contributed by atoms with Crippen molar-refractivity contribution in [3.05, 3.63) is 54.1 Å². The number of rotatable bonds is 6. The van der Waals surface area contributed by atoms with Crippen LogP contribution in [-0.4, -0.2) is 20.2 Å². The Morgan fingerprint density at radius 3 is 1.92 bits per heavy atom. The highest BCUT2D eigenvalue weighted by Gasteiger charge is 2.08. The average molecular weight is 361 g/mol. The van der Waals surface area contributed by atoms with Gasteiger partial charge >= 0.3 is 0 Å². The molecular weight excluding hydrogens is 342 g/mol. The van der Waals surface area contributed by atoms with Gasteiger partial charge in [-0.15, -0.1) is 0 Å². The second-order valence-electron chi connectivity index (χ2n) is 5.50. The number of amides is 2. The van der Waals surface area contributed by atoms with E-state index in [0.29, 0.717) is 17.8 Å². The lowest BCUT2D eigenvalue weighted by Gasteiger charge is -2.07. The molecule has 0 aliphatic carbocycles. The van der Waals surface area contributed by atoms with Crippen molar-refractivity contribution in [2.24, 2.45) is 5.14 Å². The highest BCUT2D eigenvalue weighted by atomic mass is 32.2. The Balaban J connectivity index is 1.87. The molecule has 2 amide bonds. The molecule has 0 atom stereocenters. The van der Waals surface area contributed by atoms with E-state index in [1.54, 1.807) is 36.4 Å². The maximum Gasteiger partial charge on any atom is 0.238 e. The normalized spacial score (nSPS) is 11.0. The smallest absolute Gasteiger partial charge is 0.238 e. The molecule has 0 unspecified atom stereocenters. The molecule has 0 aromatic heterocycles. The lowest BCUT2D eigenvalue weighted by atomic mass is 10.1. The quantitative estimate of drug-likeness (QED) is 0.727. The van der Waals surface area contributed by atoms with Crippen molar-refractivity contribution >= 4 is 33.2 Å². The number of carbonyl (C=O) groups excluding carboxylic acids is 2. The summed E-state index contributed by atoms with van der Waals surface area (Å²) >= 11 is 0. The number of nitrogens with one attached hydrogen (secondary N) is 2. The van der Waals surface area contributed by atoms with E-state index in [0.717, 1.165) is 5.56 Å². The number of primary sulfonamides is 1. The summed E-state index contributed by atoms with van der Waals surface area (Å²) in [4.78, 5) is 23.0. The zero-order valence-electron chi connectivity index (χ0n) is 13.7. The third-order valence-corrected chi connectivity index (χ3v) is 4.31. The van der Waals surface area contributed by atoms with Crippen LogP contribution in [0.5, 0.6) is 0 Å². The molecule has 25 heavy (non-hydrogen) atoms. The van der Waals surface area contributed by atoms with E-state index in [1.807, 2.05) is 0 Å². The van der Waals surface area contributed by atoms with Gasteiger partial charge in [0.1, 0.15) is 0 Å². The van der Waals surface area contributed by atoms with Crippen molar-refractivity contribution in [1.82, 2.24) is 0 Å². The summed E-state index contributed by atoms with van der Waals surface area (Å²) in [6.07, 6.45) is 0.725. The number of nitrogens with two attached hydrogens (primary N) is 1. The Kier molecular flexibility index (Phi) is 5.89. The minimum absolute atomic E-state index is 0.0416. The average Bonchev–Trinajstić information content (AvgIpc) is 2.54. The van der Waals surface area contributed by atoms with Gasteiger partial charge in [-0.1, -0.05) is 12.1 Å². The van der Waals surface area contributed by atoms with E-state index >= 15 is 0 Å². The molecule has 0 saturated carbocycles. The van der Waals surface area contributed by atoms with Gasteiger partial charge in [-0.25, -0.2) is 13.6 Å². The molecule has 2 aromatic rings. The zero-order valence-corrected chi connectivity index (χ0v) is 14.5. The number of anilines is 2. The van der Waals surface area contributed by atoms with Crippen LogP contribution in [0.15, 0.2) is 53.4 Å². The van der Waals surface area contributed by atoms with Crippen LogP contribution in [0.25, 0.3) is 0 Å². The zero-order chi connectivity index (χ0) is 18.4. The fourth-order valence-corrected chi connectivity index (χ4v) is 2.68. The molecule has 0 aliphatic rings. The van der Waals surface area contributed by atoms with Crippen LogP contribution in [0, 0.1) is 0 Å². The van der Waals surface area contributed by atoms with Gasteiger partial charge in [0.15, 0.2) is 0 Å². The van der Waals surface area contributed by atoms with Gasteiger partial charge in [0, 0.05) is 24.7 Å². The molecule has 0 fully saturated rings. The van der Waals surface area contributed by atoms with Crippen LogP contribution < -0.4 is 15.8 Å². The summed E-state index contributed by atoms with van der Waals surface area (Å²) in [6.45, 7) is 1.42. The highest BCUT2D eigenvalue weighted by molar-refractivity contribution is 7.89. The highest BCUT2D eigenvalue weighted by Crippen LogP contribution is 2.15. The summed E-state index contributed by atoms with van der Waals surface area (Å²) in [5.74, 6) is -0.326. The van der Waals surface area contributed by atoms with Crippen LogP contribution in [0.4, 0.5) is 11.4 Å². The molecule has 0 bridgehead atoms. The molecule has 0 aliphatic heterocycles. The first-order valence-electron chi connectivity index (χ1n) is 7.53. The second-order valence-corrected chi connectivity index (χ2v) is 7.06. The maximum absolute atomic E-state index is 12.0. The predicted molar refractivity (Wildman–Crippen MR) is 95.5 cm³/mol. The van der Waals surface area contributed by atoms with E-state index in [4.69, 9.17) is 5.14 Å². The summed E-state index contributed by atoms with van der Waals surface area (Å²) in [5, 5.41) is 10.4. The molecule has 2 rings (SSSR count). The summed E-state index contributed by atoms with van der Waals surface area (Å²) < 4.78 is 22.4. The number of benzene rings is 2. The number of carbonyl (C=O) groups is 2. The molecule has 0 saturated heterocycles. The minimum Gasteiger partial charge on any atom is -0.326 e. The standard InChI is InChI=1S/C17H19N3O4S/c1-12(21)19-14-5-7-15(8-6-14)20-17(22)11-4-13-2-9-16(10-3-13)25(18,23)24/h2-3,5-10H,4,11H2,1H3,(H,19,21)(H,20,22)(H2,18,23,24). The Morgan fingerprint density at radius 2 is 1.44 bits per heavy atom. The third-order valence-electron chi connectivity index (χ3n) is 3.38. The van der Waals surface area contributed by atoms with E-state index in [-0.39, 0.29) is 23.1 Å². The van der Waals surface area contributed by atoms with Crippen molar-refractivity contribution in [3.63, 3.8) is 0 Å². The SMILES string of the molecule is CC(=O)Nc1ccc(NC(=O)CCc2ccc(S(N)(=O)=O)cc2)cc1. The van der Waals surface area contributed by atoms with E-state index in [1.165, 1.54) is 19.1 Å². The molecular formula is C17H19N3O4S. The lowest BCUT2D eigenvalue weighted by Crippen LogP contribution is -2.13. The third kappa shape index (κ3) is 6.02. The second kappa shape index (κ2) is 7.91. The van der Waals surface area contributed by atoms with Crippen molar-refractivity contribution in [2.75, 3.05) is 10.6 Å². The van der Waals surface area contributed by atoms with E-state index in [9.17, 15) is 18.0 Å². The molecule has 2 aromatic carbocycles. The van der Waals surface area contributed by atoms with Crippen molar-refractivity contribution in [3.8, 4) is 0 Å². The largest absolute Gasteiger partial charge is 0.326 e.